The van der Waals surface area contributed by atoms with Crippen LogP contribution in [0.2, 0.25) is 0 Å². The van der Waals surface area contributed by atoms with E-state index in [4.69, 9.17) is 0 Å². The number of halogens is 6. The summed E-state index contributed by atoms with van der Waals surface area (Å²) in [5.74, 6) is 0. The number of hydrogen-bond donors (Lipinski definition) is 0. The second kappa shape index (κ2) is 5.54. The SMILES string of the molecule is Cc1ccc(/C(=N/OS(=O)(=O)C(F)(F)F)C(F)(F)F)cc1. The van der Waals surface area contributed by atoms with Gasteiger partial charge in [0.2, 0.25) is 0 Å². The van der Waals surface area contributed by atoms with E-state index in [0.29, 0.717) is 5.56 Å². The van der Waals surface area contributed by atoms with Gasteiger partial charge in [-0.15, -0.1) is 0 Å². The van der Waals surface area contributed by atoms with E-state index in [1.165, 1.54) is 12.1 Å². The lowest BCUT2D eigenvalue weighted by atomic mass is 10.1. The summed E-state index contributed by atoms with van der Waals surface area (Å²) >= 11 is 0. The summed E-state index contributed by atoms with van der Waals surface area (Å²) in [6, 6.07) is 4.33. The third-order valence-electron chi connectivity index (χ3n) is 2.10. The summed E-state index contributed by atoms with van der Waals surface area (Å²) in [6.45, 7) is 1.57. The molecule has 0 aliphatic carbocycles. The van der Waals surface area contributed by atoms with Crippen LogP contribution in [0.3, 0.4) is 0 Å². The van der Waals surface area contributed by atoms with Crippen LogP contribution in [0.5, 0.6) is 0 Å². The molecule has 1 aromatic rings. The summed E-state index contributed by atoms with van der Waals surface area (Å²) < 4.78 is 98.2. The highest BCUT2D eigenvalue weighted by atomic mass is 32.2. The van der Waals surface area contributed by atoms with Crippen molar-refractivity contribution in [2.24, 2.45) is 5.16 Å². The Labute approximate surface area is 115 Å². The lowest BCUT2D eigenvalue weighted by Gasteiger charge is -2.11. The molecule has 0 aliphatic heterocycles. The highest BCUT2D eigenvalue weighted by molar-refractivity contribution is 7.87. The van der Waals surface area contributed by atoms with Crippen LogP contribution in [-0.2, 0) is 14.4 Å². The molecule has 0 saturated heterocycles. The third-order valence-corrected chi connectivity index (χ3v) is 2.94. The van der Waals surface area contributed by atoms with E-state index >= 15 is 0 Å². The zero-order valence-corrected chi connectivity index (χ0v) is 11.0. The molecule has 0 radical (unpaired) electrons. The van der Waals surface area contributed by atoms with E-state index in [0.717, 1.165) is 12.1 Å². The molecule has 0 spiro atoms. The van der Waals surface area contributed by atoms with E-state index < -0.39 is 33.1 Å². The fraction of sp³-hybridized carbons (Fsp3) is 0.300. The molecule has 0 fully saturated rings. The fourth-order valence-electron chi connectivity index (χ4n) is 1.11. The molecule has 0 aliphatic rings. The molecule has 0 saturated carbocycles. The topological polar surface area (TPSA) is 55.7 Å². The molecular formula is C10H7F6NO3S. The molecule has 0 N–H and O–H groups in total. The Bertz CT molecular complexity index is 630. The van der Waals surface area contributed by atoms with E-state index in [1.54, 1.807) is 6.92 Å². The molecule has 1 rings (SSSR count). The van der Waals surface area contributed by atoms with Gasteiger partial charge in [0, 0.05) is 5.56 Å². The van der Waals surface area contributed by atoms with Crippen molar-refractivity contribution in [1.82, 2.24) is 0 Å². The molecule has 0 bridgehead atoms. The van der Waals surface area contributed by atoms with Crippen molar-refractivity contribution in [3.63, 3.8) is 0 Å². The van der Waals surface area contributed by atoms with Crippen molar-refractivity contribution >= 4 is 15.8 Å². The highest BCUT2D eigenvalue weighted by Gasteiger charge is 2.49. The van der Waals surface area contributed by atoms with Crippen LogP contribution >= 0.6 is 0 Å². The number of hydrogen-bond acceptors (Lipinski definition) is 4. The largest absolute Gasteiger partial charge is 0.536 e. The molecule has 0 atom stereocenters. The van der Waals surface area contributed by atoms with Crippen molar-refractivity contribution in [2.45, 2.75) is 18.6 Å². The first-order valence-corrected chi connectivity index (χ1v) is 6.47. The molecular weight excluding hydrogens is 328 g/mol. The van der Waals surface area contributed by atoms with Crippen LogP contribution in [0.15, 0.2) is 29.4 Å². The van der Waals surface area contributed by atoms with Gasteiger partial charge in [-0.25, -0.2) is 0 Å². The predicted octanol–water partition coefficient (Wildman–Crippen LogP) is 3.13. The number of alkyl halides is 6. The smallest absolute Gasteiger partial charge is 0.261 e. The van der Waals surface area contributed by atoms with Crippen LogP contribution in [0, 0.1) is 6.92 Å². The predicted molar refractivity (Wildman–Crippen MR) is 59.8 cm³/mol. The van der Waals surface area contributed by atoms with Gasteiger partial charge in [-0.1, -0.05) is 35.0 Å². The minimum absolute atomic E-state index is 0.587. The van der Waals surface area contributed by atoms with Crippen LogP contribution in [0.1, 0.15) is 11.1 Å². The number of benzene rings is 1. The van der Waals surface area contributed by atoms with Crippen LogP contribution in [0.25, 0.3) is 0 Å². The van der Waals surface area contributed by atoms with Gasteiger partial charge in [0.15, 0.2) is 5.71 Å². The first kappa shape index (κ1) is 17.3. The maximum Gasteiger partial charge on any atom is 0.536 e. The van der Waals surface area contributed by atoms with Gasteiger partial charge in [0.25, 0.3) is 0 Å². The van der Waals surface area contributed by atoms with Crippen molar-refractivity contribution < 1.29 is 39.0 Å². The van der Waals surface area contributed by atoms with Crippen LogP contribution in [0.4, 0.5) is 26.3 Å². The van der Waals surface area contributed by atoms with Gasteiger partial charge in [-0.05, 0) is 6.92 Å². The molecule has 11 heteroatoms. The maximum absolute atomic E-state index is 12.7. The lowest BCUT2D eigenvalue weighted by molar-refractivity contribution is -0.0633. The average molecular weight is 335 g/mol. The first-order valence-electron chi connectivity index (χ1n) is 5.07. The number of nitrogens with zero attached hydrogens (tertiary/aromatic N) is 1. The molecule has 0 heterocycles. The second-order valence-corrected chi connectivity index (χ2v) is 5.30. The Balaban J connectivity index is 3.23. The lowest BCUT2D eigenvalue weighted by Crippen LogP contribution is -2.28. The maximum atomic E-state index is 12.7. The Hall–Kier alpha value is -1.78. The monoisotopic (exact) mass is 335 g/mol. The molecule has 4 nitrogen and oxygen atoms in total. The molecule has 0 aromatic heterocycles. The van der Waals surface area contributed by atoms with E-state index in [-0.39, 0.29) is 0 Å². The Morgan fingerprint density at radius 3 is 1.90 bits per heavy atom. The normalized spacial score (nSPS) is 14.1. The van der Waals surface area contributed by atoms with E-state index in [1.807, 2.05) is 0 Å². The summed E-state index contributed by atoms with van der Waals surface area (Å²) in [7, 11) is -6.26. The van der Waals surface area contributed by atoms with E-state index in [9.17, 15) is 34.8 Å². The molecule has 0 amide bonds. The van der Waals surface area contributed by atoms with Gasteiger partial charge >= 0.3 is 21.8 Å². The summed E-state index contributed by atoms with van der Waals surface area (Å²) in [5, 5.41) is 2.12. The zero-order chi connectivity index (χ0) is 16.5. The number of oxime groups is 1. The summed E-state index contributed by atoms with van der Waals surface area (Å²) in [6.07, 6.45) is -5.20. The molecule has 118 valence electrons. The zero-order valence-electron chi connectivity index (χ0n) is 10.2. The van der Waals surface area contributed by atoms with Crippen molar-refractivity contribution in [3.05, 3.63) is 35.4 Å². The van der Waals surface area contributed by atoms with Crippen molar-refractivity contribution in [1.29, 1.82) is 0 Å². The van der Waals surface area contributed by atoms with E-state index in [2.05, 4.69) is 9.44 Å². The number of rotatable bonds is 3. The van der Waals surface area contributed by atoms with Crippen molar-refractivity contribution in [3.8, 4) is 0 Å². The standard InChI is InChI=1S/C10H7F6NO3S/c1-6-2-4-7(5-3-6)8(9(11,12)13)17-20-21(18,19)10(14,15)16/h2-5H,1H3/b17-8-. The summed E-state index contributed by atoms with van der Waals surface area (Å²) in [5.41, 5.74) is -7.81. The van der Waals surface area contributed by atoms with Gasteiger partial charge in [0.05, 0.1) is 0 Å². The first-order chi connectivity index (χ1) is 9.34. The summed E-state index contributed by atoms with van der Waals surface area (Å²) in [4.78, 5) is 0. The Morgan fingerprint density at radius 2 is 1.52 bits per heavy atom. The number of aryl methyl sites for hydroxylation is 1. The minimum atomic E-state index is -6.26. The van der Waals surface area contributed by atoms with Crippen molar-refractivity contribution in [2.75, 3.05) is 0 Å². The van der Waals surface area contributed by atoms with Gasteiger partial charge in [-0.2, -0.15) is 34.8 Å². The third kappa shape index (κ3) is 4.34. The molecule has 1 aromatic carbocycles. The average Bonchev–Trinajstić information content (AvgIpc) is 2.28. The Kier molecular flexibility index (Phi) is 4.56. The second-order valence-electron chi connectivity index (χ2n) is 3.78. The van der Waals surface area contributed by atoms with Gasteiger partial charge < -0.3 is 0 Å². The highest BCUT2D eigenvalue weighted by Crippen LogP contribution is 2.27. The quantitative estimate of drug-likeness (QED) is 0.369. The van der Waals surface area contributed by atoms with Gasteiger partial charge in [-0.3, -0.25) is 4.28 Å². The van der Waals surface area contributed by atoms with Crippen LogP contribution < -0.4 is 0 Å². The fourth-order valence-corrected chi connectivity index (χ4v) is 1.37. The van der Waals surface area contributed by atoms with Gasteiger partial charge in [0.1, 0.15) is 0 Å². The Morgan fingerprint density at radius 1 is 1.05 bits per heavy atom. The molecule has 0 unspecified atom stereocenters. The molecule has 21 heavy (non-hydrogen) atoms. The minimum Gasteiger partial charge on any atom is -0.261 e. The van der Waals surface area contributed by atoms with Crippen LogP contribution in [-0.4, -0.2) is 25.8 Å².